The lowest BCUT2D eigenvalue weighted by molar-refractivity contribution is 0.0526. The molecular formula is C18H15ClFNO3. The number of esters is 1. The Morgan fingerprint density at radius 2 is 2.08 bits per heavy atom. The van der Waals surface area contributed by atoms with E-state index in [1.54, 1.807) is 25.1 Å². The minimum Gasteiger partial charge on any atom is -0.462 e. The summed E-state index contributed by atoms with van der Waals surface area (Å²) in [6.45, 7) is 2.24. The van der Waals surface area contributed by atoms with Gasteiger partial charge in [0, 0.05) is 17.1 Å². The van der Waals surface area contributed by atoms with Crippen LogP contribution in [0.25, 0.3) is 0 Å². The van der Waals surface area contributed by atoms with Crippen LogP contribution < -0.4 is 4.90 Å². The van der Waals surface area contributed by atoms with Crippen molar-refractivity contribution >= 4 is 29.2 Å². The number of carbonyl (C=O) groups is 2. The molecule has 0 N–H and O–H groups in total. The van der Waals surface area contributed by atoms with Crippen molar-refractivity contribution in [3.8, 4) is 0 Å². The average Bonchev–Trinajstić information content (AvgIpc) is 2.56. The molecule has 6 heteroatoms. The Balaban J connectivity index is 1.91. The lowest BCUT2D eigenvalue weighted by Crippen LogP contribution is -2.38. The van der Waals surface area contributed by atoms with Gasteiger partial charge in [0.2, 0.25) is 0 Å². The van der Waals surface area contributed by atoms with Gasteiger partial charge in [-0.05, 0) is 55.3 Å². The van der Waals surface area contributed by atoms with Crippen LogP contribution in [-0.2, 0) is 11.2 Å². The zero-order valence-electron chi connectivity index (χ0n) is 13.0. The van der Waals surface area contributed by atoms with E-state index in [2.05, 4.69) is 0 Å². The lowest BCUT2D eigenvalue weighted by atomic mass is 9.98. The molecule has 2 aromatic carbocycles. The molecule has 124 valence electrons. The summed E-state index contributed by atoms with van der Waals surface area (Å²) in [5.41, 5.74) is 1.63. The van der Waals surface area contributed by atoms with Crippen LogP contribution in [0.15, 0.2) is 36.4 Å². The molecule has 4 nitrogen and oxygen atoms in total. The second-order valence-corrected chi connectivity index (χ2v) is 5.83. The van der Waals surface area contributed by atoms with Crippen molar-refractivity contribution in [2.75, 3.05) is 18.1 Å². The van der Waals surface area contributed by atoms with Gasteiger partial charge in [-0.1, -0.05) is 11.6 Å². The van der Waals surface area contributed by atoms with Crippen molar-refractivity contribution in [1.82, 2.24) is 0 Å². The van der Waals surface area contributed by atoms with Gasteiger partial charge < -0.3 is 9.64 Å². The number of carbonyl (C=O) groups excluding carboxylic acids is 2. The van der Waals surface area contributed by atoms with Crippen LogP contribution in [0.1, 0.15) is 33.2 Å². The Morgan fingerprint density at radius 1 is 1.29 bits per heavy atom. The number of benzene rings is 2. The number of hydrogen-bond donors (Lipinski definition) is 0. The summed E-state index contributed by atoms with van der Waals surface area (Å²) in [5, 5.41) is 0.569. The van der Waals surface area contributed by atoms with Crippen LogP contribution in [0.5, 0.6) is 0 Å². The van der Waals surface area contributed by atoms with Crippen LogP contribution in [0.3, 0.4) is 0 Å². The van der Waals surface area contributed by atoms with Crippen molar-refractivity contribution in [1.29, 1.82) is 0 Å². The lowest BCUT2D eigenvalue weighted by Gasteiger charge is -2.29. The third-order valence-corrected chi connectivity index (χ3v) is 4.13. The molecular weight excluding hydrogens is 333 g/mol. The van der Waals surface area contributed by atoms with Crippen LogP contribution in [0.2, 0.25) is 5.02 Å². The number of amides is 1. The van der Waals surface area contributed by atoms with Gasteiger partial charge in [0.25, 0.3) is 5.91 Å². The van der Waals surface area contributed by atoms with Crippen molar-refractivity contribution in [2.45, 2.75) is 13.3 Å². The molecule has 1 aliphatic heterocycles. The fraction of sp³-hybridized carbons (Fsp3) is 0.222. The summed E-state index contributed by atoms with van der Waals surface area (Å²) in [7, 11) is 0. The van der Waals surface area contributed by atoms with E-state index in [-0.39, 0.29) is 23.8 Å². The molecule has 0 atom stereocenters. The van der Waals surface area contributed by atoms with E-state index in [4.69, 9.17) is 16.3 Å². The monoisotopic (exact) mass is 347 g/mol. The van der Waals surface area contributed by atoms with E-state index in [0.717, 1.165) is 11.6 Å². The Kier molecular flexibility index (Phi) is 4.53. The molecule has 0 fully saturated rings. The highest BCUT2D eigenvalue weighted by Gasteiger charge is 2.27. The predicted octanol–water partition coefficient (Wildman–Crippen LogP) is 3.86. The van der Waals surface area contributed by atoms with E-state index in [1.807, 2.05) is 0 Å². The zero-order chi connectivity index (χ0) is 17.3. The van der Waals surface area contributed by atoms with E-state index in [1.165, 1.54) is 17.0 Å². The number of nitrogens with zero attached hydrogens (tertiary/aromatic N) is 1. The largest absolute Gasteiger partial charge is 0.462 e. The molecule has 3 rings (SSSR count). The van der Waals surface area contributed by atoms with Gasteiger partial charge in [0.1, 0.15) is 5.82 Å². The van der Waals surface area contributed by atoms with Crippen molar-refractivity contribution in [3.63, 3.8) is 0 Å². The maximum atomic E-state index is 14.4. The smallest absolute Gasteiger partial charge is 0.338 e. The summed E-state index contributed by atoms with van der Waals surface area (Å²) in [5.74, 6) is -1.50. The van der Waals surface area contributed by atoms with Crippen LogP contribution in [0.4, 0.5) is 10.1 Å². The zero-order valence-corrected chi connectivity index (χ0v) is 13.8. The molecule has 0 aliphatic carbocycles. The summed E-state index contributed by atoms with van der Waals surface area (Å²) < 4.78 is 19.3. The molecule has 0 aromatic heterocycles. The third kappa shape index (κ3) is 2.99. The van der Waals surface area contributed by atoms with Gasteiger partial charge in [-0.25, -0.2) is 9.18 Å². The molecule has 0 spiro atoms. The molecule has 24 heavy (non-hydrogen) atoms. The minimum atomic E-state index is -0.633. The first kappa shape index (κ1) is 16.5. The molecule has 0 saturated carbocycles. The number of rotatable bonds is 3. The summed E-state index contributed by atoms with van der Waals surface area (Å²) in [6.07, 6.45) is 0.584. The summed E-state index contributed by atoms with van der Waals surface area (Å²) in [6, 6.07) is 9.03. The number of fused-ring (bicyclic) bond motifs is 1. The van der Waals surface area contributed by atoms with Crippen molar-refractivity contribution in [3.05, 3.63) is 63.9 Å². The molecule has 1 heterocycles. The molecule has 0 bridgehead atoms. The van der Waals surface area contributed by atoms with E-state index in [9.17, 15) is 14.0 Å². The van der Waals surface area contributed by atoms with Gasteiger partial charge in [0.15, 0.2) is 0 Å². The van der Waals surface area contributed by atoms with E-state index in [0.29, 0.717) is 23.6 Å². The van der Waals surface area contributed by atoms with Crippen molar-refractivity contribution in [2.24, 2.45) is 0 Å². The van der Waals surface area contributed by atoms with Crippen LogP contribution in [-0.4, -0.2) is 25.0 Å². The quantitative estimate of drug-likeness (QED) is 0.792. The average molecular weight is 348 g/mol. The van der Waals surface area contributed by atoms with E-state index < -0.39 is 11.8 Å². The maximum absolute atomic E-state index is 14.4. The van der Waals surface area contributed by atoms with Gasteiger partial charge >= 0.3 is 5.97 Å². The molecule has 1 aliphatic rings. The number of anilines is 1. The first-order valence-corrected chi connectivity index (χ1v) is 7.96. The summed E-state index contributed by atoms with van der Waals surface area (Å²) in [4.78, 5) is 25.7. The Bertz CT molecular complexity index is 822. The first-order valence-electron chi connectivity index (χ1n) is 7.58. The Hall–Kier alpha value is -2.40. The molecule has 2 aromatic rings. The minimum absolute atomic E-state index is 0.120. The van der Waals surface area contributed by atoms with Gasteiger partial charge in [-0.15, -0.1) is 0 Å². The fourth-order valence-electron chi connectivity index (χ4n) is 2.75. The standard InChI is InChI=1S/C18H15ClFNO3/c1-2-24-18(23)12-3-6-16(15(20)10-12)21-8-7-11-9-13(19)4-5-14(11)17(21)22/h3-6,9-10H,2,7-8H2,1H3. The normalized spacial score (nSPS) is 13.6. The highest BCUT2D eigenvalue weighted by molar-refractivity contribution is 6.30. The SMILES string of the molecule is CCOC(=O)c1ccc(N2CCc3cc(Cl)ccc3C2=O)c(F)c1. The van der Waals surface area contributed by atoms with Crippen LogP contribution in [0, 0.1) is 5.82 Å². The Morgan fingerprint density at radius 3 is 2.79 bits per heavy atom. The van der Waals surface area contributed by atoms with Gasteiger partial charge in [0.05, 0.1) is 17.9 Å². The first-order chi connectivity index (χ1) is 11.5. The number of halogens is 2. The van der Waals surface area contributed by atoms with Crippen LogP contribution >= 0.6 is 11.6 Å². The molecule has 0 unspecified atom stereocenters. The van der Waals surface area contributed by atoms with Crippen molar-refractivity contribution < 1.29 is 18.7 Å². The predicted molar refractivity (Wildman–Crippen MR) is 89.2 cm³/mol. The number of ether oxygens (including phenoxy) is 1. The topological polar surface area (TPSA) is 46.6 Å². The highest BCUT2D eigenvalue weighted by Crippen LogP contribution is 2.28. The van der Waals surface area contributed by atoms with E-state index >= 15 is 0 Å². The second kappa shape index (κ2) is 6.61. The molecule has 1 amide bonds. The highest BCUT2D eigenvalue weighted by atomic mass is 35.5. The number of hydrogen-bond acceptors (Lipinski definition) is 3. The van der Waals surface area contributed by atoms with Gasteiger partial charge in [-0.3, -0.25) is 4.79 Å². The second-order valence-electron chi connectivity index (χ2n) is 5.39. The molecule has 0 radical (unpaired) electrons. The maximum Gasteiger partial charge on any atom is 0.338 e. The Labute approximate surface area is 143 Å². The van der Waals surface area contributed by atoms with Gasteiger partial charge in [-0.2, -0.15) is 0 Å². The summed E-state index contributed by atoms with van der Waals surface area (Å²) >= 11 is 5.95. The molecule has 0 saturated heterocycles. The fourth-order valence-corrected chi connectivity index (χ4v) is 2.95. The third-order valence-electron chi connectivity index (χ3n) is 3.90.